The molecule has 0 rings (SSSR count). The maximum Gasteiger partial charge on any atom is 0.0700 e. The Bertz CT molecular complexity index is 156. The molecule has 0 radical (unpaired) electrons. The third kappa shape index (κ3) is 7.01. The molecule has 0 aliphatic rings. The van der Waals surface area contributed by atoms with Crippen LogP contribution >= 0.6 is 0 Å². The van der Waals surface area contributed by atoms with E-state index < -0.39 is 0 Å². The molecular weight excluding hydrogens is 126 g/mol. The number of nitrogens with one attached hydrogen (secondary N) is 1. The average molecular weight is 139 g/mol. The van der Waals surface area contributed by atoms with E-state index in [1.807, 2.05) is 13.8 Å². The fourth-order valence-electron chi connectivity index (χ4n) is 0.292. The van der Waals surface area contributed by atoms with Gasteiger partial charge in [0.1, 0.15) is 0 Å². The van der Waals surface area contributed by atoms with Crippen molar-refractivity contribution in [3.05, 3.63) is 0 Å². The molecule has 0 unspecified atom stereocenters. The van der Waals surface area contributed by atoms with Crippen molar-refractivity contribution in [3.8, 4) is 0 Å². The third-order valence-electron chi connectivity index (χ3n) is 0.683. The number of hydrogen-bond donors (Lipinski definition) is 1. The van der Waals surface area contributed by atoms with E-state index in [2.05, 4.69) is 10.2 Å². The van der Waals surface area contributed by atoms with E-state index in [4.69, 9.17) is 5.41 Å². The minimum absolute atomic E-state index is 0.418. The summed E-state index contributed by atoms with van der Waals surface area (Å²) < 4.78 is 0. The molecule has 0 heterocycles. The zero-order chi connectivity index (χ0) is 7.98. The van der Waals surface area contributed by atoms with Crippen LogP contribution in [-0.2, 0) is 0 Å². The molecule has 0 aliphatic carbocycles. The molecule has 3 heteroatoms. The van der Waals surface area contributed by atoms with Crippen LogP contribution in [0.2, 0.25) is 0 Å². The predicted octanol–water partition coefficient (Wildman–Crippen LogP) is 1.74. The van der Waals surface area contributed by atoms with Crippen molar-refractivity contribution >= 4 is 18.1 Å². The van der Waals surface area contributed by atoms with E-state index in [9.17, 15) is 0 Å². The van der Waals surface area contributed by atoms with Gasteiger partial charge in [0.25, 0.3) is 0 Å². The van der Waals surface area contributed by atoms with Crippen molar-refractivity contribution < 1.29 is 0 Å². The van der Waals surface area contributed by atoms with E-state index in [1.54, 1.807) is 13.1 Å². The van der Waals surface area contributed by atoms with Crippen LogP contribution in [-0.4, -0.2) is 18.1 Å². The van der Waals surface area contributed by atoms with Gasteiger partial charge in [-0.1, -0.05) is 13.8 Å². The average Bonchev–Trinajstić information content (AvgIpc) is 1.79. The molecule has 0 saturated carbocycles. The Hall–Kier alpha value is -0.990. The Morgan fingerprint density at radius 2 is 2.00 bits per heavy atom. The molecule has 0 amide bonds. The smallest absolute Gasteiger partial charge is 0.0700 e. The summed E-state index contributed by atoms with van der Waals surface area (Å²) >= 11 is 0. The van der Waals surface area contributed by atoms with Crippen LogP contribution in [0.5, 0.6) is 0 Å². The second-order valence-electron chi connectivity index (χ2n) is 2.44. The highest BCUT2D eigenvalue weighted by Crippen LogP contribution is 1.84. The van der Waals surface area contributed by atoms with E-state index in [0.717, 1.165) is 0 Å². The monoisotopic (exact) mass is 139 g/mol. The molecule has 0 aromatic heterocycles. The van der Waals surface area contributed by atoms with Crippen LogP contribution in [0.4, 0.5) is 0 Å². The molecule has 0 atom stereocenters. The number of nitrogens with zero attached hydrogens (tertiary/aromatic N) is 2. The summed E-state index contributed by atoms with van der Waals surface area (Å²) in [5.41, 5.74) is 0.418. The number of hydrogen-bond acceptors (Lipinski definition) is 3. The molecule has 0 aliphatic heterocycles. The fourth-order valence-corrected chi connectivity index (χ4v) is 0.292. The Kier molecular flexibility index (Phi) is 4.37. The quantitative estimate of drug-likeness (QED) is 0.457. The predicted molar refractivity (Wildman–Crippen MR) is 45.2 cm³/mol. The summed E-state index contributed by atoms with van der Waals surface area (Å²) in [5, 5.41) is 14.3. The van der Waals surface area contributed by atoms with Crippen LogP contribution in [0.3, 0.4) is 0 Å². The molecule has 3 nitrogen and oxygen atoms in total. The van der Waals surface area contributed by atoms with Crippen molar-refractivity contribution in [2.75, 3.05) is 0 Å². The summed E-state index contributed by atoms with van der Waals surface area (Å²) in [6.45, 7) is 5.71. The van der Waals surface area contributed by atoms with Crippen molar-refractivity contribution in [1.29, 1.82) is 5.41 Å². The van der Waals surface area contributed by atoms with Crippen molar-refractivity contribution in [1.82, 2.24) is 0 Å². The van der Waals surface area contributed by atoms with Crippen LogP contribution in [0.25, 0.3) is 0 Å². The first kappa shape index (κ1) is 9.01. The van der Waals surface area contributed by atoms with Crippen LogP contribution in [0.1, 0.15) is 20.8 Å². The lowest BCUT2D eigenvalue weighted by atomic mass is 10.3. The molecule has 56 valence electrons. The molecule has 1 N–H and O–H groups in total. The topological polar surface area (TPSA) is 48.6 Å². The van der Waals surface area contributed by atoms with Crippen molar-refractivity contribution in [2.45, 2.75) is 20.8 Å². The Morgan fingerprint density at radius 1 is 1.40 bits per heavy atom. The molecule has 0 fully saturated rings. The molecule has 0 aromatic rings. The minimum atomic E-state index is 0.418. The summed E-state index contributed by atoms with van der Waals surface area (Å²) in [7, 11) is 0. The molecule has 0 saturated heterocycles. The van der Waals surface area contributed by atoms with Crippen LogP contribution in [0.15, 0.2) is 10.2 Å². The number of rotatable bonds is 3. The van der Waals surface area contributed by atoms with Gasteiger partial charge in [-0.3, -0.25) is 0 Å². The first-order chi connectivity index (χ1) is 4.63. The van der Waals surface area contributed by atoms with E-state index in [0.29, 0.717) is 11.6 Å². The summed E-state index contributed by atoms with van der Waals surface area (Å²) in [5.74, 6) is 0.420. The maximum absolute atomic E-state index is 6.96. The Morgan fingerprint density at radius 3 is 2.40 bits per heavy atom. The standard InChI is InChI=1S/C7H13N3/c1-6(2)4-9-10-5-7(3)8/h4-6,8H,1-3H3/b8-7?,9-4-,10-5-. The summed E-state index contributed by atoms with van der Waals surface area (Å²) in [4.78, 5) is 0. The van der Waals surface area contributed by atoms with Gasteiger partial charge in [-0.15, -0.1) is 0 Å². The van der Waals surface area contributed by atoms with Gasteiger partial charge < -0.3 is 5.41 Å². The largest absolute Gasteiger partial charge is 0.304 e. The van der Waals surface area contributed by atoms with E-state index >= 15 is 0 Å². The lowest BCUT2D eigenvalue weighted by Crippen LogP contribution is -1.88. The van der Waals surface area contributed by atoms with Crippen LogP contribution in [0, 0.1) is 11.3 Å². The van der Waals surface area contributed by atoms with Crippen LogP contribution < -0.4 is 0 Å². The normalized spacial score (nSPS) is 12.0. The SMILES string of the molecule is CC(=N)/C=N\N=C/C(C)C. The lowest BCUT2D eigenvalue weighted by Gasteiger charge is -1.87. The van der Waals surface area contributed by atoms with Gasteiger partial charge in [-0.05, 0) is 12.8 Å². The maximum atomic E-state index is 6.96. The first-order valence-electron chi connectivity index (χ1n) is 3.24. The highest BCUT2D eigenvalue weighted by Gasteiger charge is 1.81. The van der Waals surface area contributed by atoms with Crippen molar-refractivity contribution in [2.24, 2.45) is 16.1 Å². The molecular formula is C7H13N3. The fraction of sp³-hybridized carbons (Fsp3) is 0.571. The Balaban J connectivity index is 3.62. The highest BCUT2D eigenvalue weighted by atomic mass is 15.2. The molecule has 0 bridgehead atoms. The zero-order valence-corrected chi connectivity index (χ0v) is 6.63. The highest BCUT2D eigenvalue weighted by molar-refractivity contribution is 6.27. The van der Waals surface area contributed by atoms with Crippen molar-refractivity contribution in [3.63, 3.8) is 0 Å². The Labute approximate surface area is 61.4 Å². The molecule has 0 spiro atoms. The second kappa shape index (κ2) is 4.85. The van der Waals surface area contributed by atoms with Gasteiger partial charge in [0.15, 0.2) is 0 Å². The first-order valence-corrected chi connectivity index (χ1v) is 3.24. The van der Waals surface area contributed by atoms with E-state index in [-0.39, 0.29) is 0 Å². The van der Waals surface area contributed by atoms with Gasteiger partial charge in [-0.25, -0.2) is 0 Å². The summed E-state index contributed by atoms with van der Waals surface area (Å²) in [6, 6.07) is 0. The lowest BCUT2D eigenvalue weighted by molar-refractivity contribution is 0.900. The third-order valence-corrected chi connectivity index (χ3v) is 0.683. The van der Waals surface area contributed by atoms with Gasteiger partial charge in [0, 0.05) is 11.9 Å². The zero-order valence-electron chi connectivity index (χ0n) is 6.63. The van der Waals surface area contributed by atoms with E-state index in [1.165, 1.54) is 6.21 Å². The minimum Gasteiger partial charge on any atom is -0.304 e. The van der Waals surface area contributed by atoms with Gasteiger partial charge in [-0.2, -0.15) is 10.2 Å². The van der Waals surface area contributed by atoms with Gasteiger partial charge >= 0.3 is 0 Å². The second-order valence-corrected chi connectivity index (χ2v) is 2.44. The molecule has 0 aromatic carbocycles. The summed E-state index contributed by atoms with van der Waals surface area (Å²) in [6.07, 6.45) is 3.15. The molecule has 10 heavy (non-hydrogen) atoms. The van der Waals surface area contributed by atoms with Gasteiger partial charge in [0.05, 0.1) is 6.21 Å². The van der Waals surface area contributed by atoms with Gasteiger partial charge in [0.2, 0.25) is 0 Å².